The van der Waals surface area contributed by atoms with E-state index in [1.165, 1.54) is 13.8 Å². The van der Waals surface area contributed by atoms with Crippen molar-refractivity contribution in [3.05, 3.63) is 0 Å². The average Bonchev–Trinajstić information content (AvgIpc) is 2.19. The minimum Gasteiger partial charge on any atom is -0.444 e. The quantitative estimate of drug-likeness (QED) is 0.868. The van der Waals surface area contributed by atoms with E-state index < -0.39 is 41.8 Å². The number of likely N-dealkylation sites (tertiary alicyclic amines) is 1. The van der Waals surface area contributed by atoms with Gasteiger partial charge in [0, 0.05) is 6.54 Å². The van der Waals surface area contributed by atoms with Crippen molar-refractivity contribution >= 4 is 12.0 Å². The minimum absolute atomic E-state index is 0.297. The summed E-state index contributed by atoms with van der Waals surface area (Å²) in [4.78, 5) is 25.0. The molecule has 1 heterocycles. The Hall–Kier alpha value is -1.47. The van der Waals surface area contributed by atoms with Crippen LogP contribution in [0.2, 0.25) is 0 Å². The highest BCUT2D eigenvalue weighted by atomic mass is 19.4. The maximum Gasteiger partial charge on any atom is 0.410 e. The number of amides is 2. The Kier molecular flexibility index (Phi) is 5.35. The fourth-order valence-corrected chi connectivity index (χ4v) is 2.07. The van der Waals surface area contributed by atoms with E-state index in [1.54, 1.807) is 20.8 Å². The summed E-state index contributed by atoms with van der Waals surface area (Å²) in [5, 5.41) is 1.99. The Morgan fingerprint density at radius 3 is 2.09 bits per heavy atom. The number of carbonyl (C=O) groups is 2. The van der Waals surface area contributed by atoms with Crippen molar-refractivity contribution in [1.29, 1.82) is 0 Å². The molecule has 0 aromatic heterocycles. The molecule has 0 aromatic rings. The van der Waals surface area contributed by atoms with Crippen LogP contribution in [-0.4, -0.2) is 47.3 Å². The van der Waals surface area contributed by atoms with Crippen LogP contribution in [0.15, 0.2) is 0 Å². The van der Waals surface area contributed by atoms with Gasteiger partial charge in [0.05, 0.1) is 0 Å². The summed E-state index contributed by atoms with van der Waals surface area (Å²) in [5.74, 6) is -1.59. The number of halogens is 3. The van der Waals surface area contributed by atoms with Gasteiger partial charge in [0.15, 0.2) is 0 Å². The van der Waals surface area contributed by atoms with Gasteiger partial charge in [0.2, 0.25) is 5.91 Å². The molecule has 0 saturated carbocycles. The molecule has 1 aliphatic rings. The molecule has 0 aromatic carbocycles. The third-order valence-electron chi connectivity index (χ3n) is 3.27. The van der Waals surface area contributed by atoms with Crippen LogP contribution in [-0.2, 0) is 9.53 Å². The fraction of sp³-hybridized carbons (Fsp3) is 0.857. The van der Waals surface area contributed by atoms with Crippen molar-refractivity contribution < 1.29 is 27.5 Å². The first-order valence-electron chi connectivity index (χ1n) is 7.19. The van der Waals surface area contributed by atoms with E-state index in [-0.39, 0.29) is 0 Å². The Labute approximate surface area is 128 Å². The first kappa shape index (κ1) is 18.6. The van der Waals surface area contributed by atoms with E-state index in [4.69, 9.17) is 4.74 Å². The molecule has 1 rings (SSSR count). The first-order chi connectivity index (χ1) is 9.83. The monoisotopic (exact) mass is 324 g/mol. The van der Waals surface area contributed by atoms with Crippen molar-refractivity contribution in [1.82, 2.24) is 10.2 Å². The largest absolute Gasteiger partial charge is 0.444 e. The third kappa shape index (κ3) is 4.78. The van der Waals surface area contributed by atoms with Crippen molar-refractivity contribution in [3.63, 3.8) is 0 Å². The highest BCUT2D eigenvalue weighted by Crippen LogP contribution is 2.27. The van der Waals surface area contributed by atoms with E-state index >= 15 is 0 Å². The lowest BCUT2D eigenvalue weighted by molar-refractivity contribution is -0.172. The van der Waals surface area contributed by atoms with Gasteiger partial charge in [0.25, 0.3) is 0 Å². The molecule has 1 fully saturated rings. The Balaban J connectivity index is 2.68. The van der Waals surface area contributed by atoms with Crippen molar-refractivity contribution in [2.24, 2.45) is 5.92 Å². The molecule has 0 spiro atoms. The zero-order chi connectivity index (χ0) is 17.3. The molecule has 8 heteroatoms. The van der Waals surface area contributed by atoms with Crippen LogP contribution >= 0.6 is 0 Å². The lowest BCUT2D eigenvalue weighted by Crippen LogP contribution is -2.62. The van der Waals surface area contributed by atoms with Gasteiger partial charge in [-0.2, -0.15) is 13.2 Å². The molecular formula is C14H23F3N2O3. The zero-order valence-corrected chi connectivity index (χ0v) is 13.5. The molecule has 0 bridgehead atoms. The molecule has 1 aliphatic heterocycles. The van der Waals surface area contributed by atoms with E-state index in [9.17, 15) is 22.8 Å². The number of nitrogens with one attached hydrogen (secondary N) is 1. The molecule has 2 atom stereocenters. The number of hydrogen-bond acceptors (Lipinski definition) is 3. The second kappa shape index (κ2) is 6.34. The predicted molar refractivity (Wildman–Crippen MR) is 74.2 cm³/mol. The lowest BCUT2D eigenvalue weighted by atomic mass is 9.99. The van der Waals surface area contributed by atoms with Gasteiger partial charge < -0.3 is 10.1 Å². The number of hydrogen-bond donors (Lipinski definition) is 1. The SMILES string of the molecule is CC(C)C(NC(=O)[C@H]1CCN1C(=O)OC(C)(C)C)C(F)(F)F. The van der Waals surface area contributed by atoms with Crippen LogP contribution in [0.3, 0.4) is 0 Å². The summed E-state index contributed by atoms with van der Waals surface area (Å²) >= 11 is 0. The lowest BCUT2D eigenvalue weighted by Gasteiger charge is -2.41. The van der Waals surface area contributed by atoms with Gasteiger partial charge >= 0.3 is 12.3 Å². The van der Waals surface area contributed by atoms with Gasteiger partial charge in [-0.15, -0.1) is 0 Å². The number of alkyl halides is 3. The predicted octanol–water partition coefficient (Wildman–Crippen LogP) is 2.70. The summed E-state index contributed by atoms with van der Waals surface area (Å²) in [7, 11) is 0. The zero-order valence-electron chi connectivity index (χ0n) is 13.5. The van der Waals surface area contributed by atoms with Crippen molar-refractivity contribution in [3.8, 4) is 0 Å². The standard InChI is InChI=1S/C14H23F3N2O3/c1-8(2)10(14(15,16)17)18-11(20)9-6-7-19(9)12(21)22-13(3,4)5/h8-10H,6-7H2,1-5H3,(H,18,20)/t9-,10?/m1/s1. The summed E-state index contributed by atoms with van der Waals surface area (Å²) < 4.78 is 43.8. The molecule has 22 heavy (non-hydrogen) atoms. The average molecular weight is 324 g/mol. The van der Waals surface area contributed by atoms with E-state index in [0.717, 1.165) is 4.90 Å². The third-order valence-corrected chi connectivity index (χ3v) is 3.27. The second-order valence-electron chi connectivity index (χ2n) is 6.75. The number of carbonyl (C=O) groups excluding carboxylic acids is 2. The maximum absolute atomic E-state index is 12.9. The van der Waals surface area contributed by atoms with Crippen LogP contribution in [0, 0.1) is 5.92 Å². The van der Waals surface area contributed by atoms with Gasteiger partial charge in [-0.1, -0.05) is 13.8 Å². The molecule has 1 N–H and O–H groups in total. The number of ether oxygens (including phenoxy) is 1. The topological polar surface area (TPSA) is 58.6 Å². The van der Waals surface area contributed by atoms with Crippen LogP contribution in [0.25, 0.3) is 0 Å². The summed E-state index contributed by atoms with van der Waals surface area (Å²) in [6, 6.07) is -2.83. The van der Waals surface area contributed by atoms with Gasteiger partial charge in [-0.05, 0) is 33.1 Å². The van der Waals surface area contributed by atoms with Crippen molar-refractivity contribution in [2.75, 3.05) is 6.54 Å². The smallest absolute Gasteiger partial charge is 0.410 e. The molecule has 0 radical (unpaired) electrons. The Morgan fingerprint density at radius 2 is 1.77 bits per heavy atom. The van der Waals surface area contributed by atoms with Crippen LogP contribution in [0.1, 0.15) is 41.0 Å². The van der Waals surface area contributed by atoms with Crippen LogP contribution in [0.4, 0.5) is 18.0 Å². The summed E-state index contributed by atoms with van der Waals surface area (Å²) in [5.41, 5.74) is -0.722. The van der Waals surface area contributed by atoms with Crippen LogP contribution < -0.4 is 5.32 Å². The normalized spacial score (nSPS) is 20.4. The van der Waals surface area contributed by atoms with Gasteiger partial charge in [-0.3, -0.25) is 9.69 Å². The molecular weight excluding hydrogens is 301 g/mol. The highest BCUT2D eigenvalue weighted by molar-refractivity contribution is 5.87. The summed E-state index contributed by atoms with van der Waals surface area (Å²) in [6.07, 6.45) is -4.88. The van der Waals surface area contributed by atoms with Crippen molar-refractivity contribution in [2.45, 2.75) is 64.9 Å². The first-order valence-corrected chi connectivity index (χ1v) is 7.19. The number of nitrogens with zero attached hydrogens (tertiary/aromatic N) is 1. The van der Waals surface area contributed by atoms with Gasteiger partial charge in [-0.25, -0.2) is 4.79 Å². The number of rotatable bonds is 3. The second-order valence-corrected chi connectivity index (χ2v) is 6.75. The molecule has 1 unspecified atom stereocenters. The highest BCUT2D eigenvalue weighted by Gasteiger charge is 2.46. The molecule has 1 saturated heterocycles. The molecule has 0 aliphatic carbocycles. The van der Waals surface area contributed by atoms with E-state index in [2.05, 4.69) is 0 Å². The van der Waals surface area contributed by atoms with Crippen LogP contribution in [0.5, 0.6) is 0 Å². The van der Waals surface area contributed by atoms with E-state index in [1.807, 2.05) is 5.32 Å². The Bertz CT molecular complexity index is 430. The Morgan fingerprint density at radius 1 is 1.23 bits per heavy atom. The molecule has 5 nitrogen and oxygen atoms in total. The maximum atomic E-state index is 12.9. The van der Waals surface area contributed by atoms with E-state index in [0.29, 0.717) is 13.0 Å². The summed E-state index contributed by atoms with van der Waals surface area (Å²) in [6.45, 7) is 8.09. The van der Waals surface area contributed by atoms with Gasteiger partial charge in [0.1, 0.15) is 17.7 Å². The fourth-order valence-electron chi connectivity index (χ4n) is 2.07. The minimum atomic E-state index is -4.52. The molecule has 128 valence electrons. The molecule has 2 amide bonds.